The largest absolute Gasteiger partial charge is 0.481 e. The van der Waals surface area contributed by atoms with Gasteiger partial charge in [0.15, 0.2) is 6.29 Å². The van der Waals surface area contributed by atoms with Gasteiger partial charge in [-0.25, -0.2) is 0 Å². The zero-order valence-corrected chi connectivity index (χ0v) is 26.8. The molecule has 4 fully saturated rings. The van der Waals surface area contributed by atoms with E-state index in [1.165, 1.54) is 16.7 Å². The molecule has 0 aromatic heterocycles. The Morgan fingerprint density at radius 2 is 1.69 bits per heavy atom. The number of aliphatic hydroxyl groups excluding tert-OH is 3. The van der Waals surface area contributed by atoms with Crippen LogP contribution in [0.15, 0.2) is 22.8 Å². The van der Waals surface area contributed by atoms with E-state index in [1.807, 2.05) is 0 Å². The molecule has 0 spiro atoms. The van der Waals surface area contributed by atoms with Crippen LogP contribution in [-0.2, 0) is 14.3 Å². The van der Waals surface area contributed by atoms with Crippen molar-refractivity contribution in [2.75, 3.05) is 6.61 Å². The summed E-state index contributed by atoms with van der Waals surface area (Å²) in [6, 6.07) is 0. The topological polar surface area (TPSA) is 116 Å². The monoisotopic (exact) mass is 586 g/mol. The molecular formula is C35H54O7. The van der Waals surface area contributed by atoms with Crippen LogP contribution >= 0.6 is 0 Å². The maximum absolute atomic E-state index is 12.9. The van der Waals surface area contributed by atoms with Crippen molar-refractivity contribution in [3.63, 3.8) is 0 Å². The first kappa shape index (κ1) is 30.8. The lowest BCUT2D eigenvalue weighted by molar-refractivity contribution is -0.258. The molecule has 7 heteroatoms. The number of allylic oxidation sites excluding steroid dienone is 3. The molecule has 5 aliphatic carbocycles. The van der Waals surface area contributed by atoms with Gasteiger partial charge in [-0.2, -0.15) is 0 Å². The third-order valence-corrected chi connectivity index (χ3v) is 14.5. The summed E-state index contributed by atoms with van der Waals surface area (Å²) >= 11 is 0. The van der Waals surface area contributed by atoms with Gasteiger partial charge in [0.05, 0.1) is 18.1 Å². The number of aliphatic hydroxyl groups is 3. The number of ether oxygens (including phenoxy) is 2. The molecule has 0 bridgehead atoms. The van der Waals surface area contributed by atoms with Crippen molar-refractivity contribution >= 4 is 5.97 Å². The molecule has 6 rings (SSSR count). The molecule has 42 heavy (non-hydrogen) atoms. The van der Waals surface area contributed by atoms with E-state index in [0.29, 0.717) is 17.8 Å². The van der Waals surface area contributed by atoms with Crippen molar-refractivity contribution in [1.29, 1.82) is 0 Å². The van der Waals surface area contributed by atoms with Gasteiger partial charge >= 0.3 is 5.97 Å². The minimum atomic E-state index is -1.17. The van der Waals surface area contributed by atoms with Crippen molar-refractivity contribution in [3.8, 4) is 0 Å². The second-order valence-corrected chi connectivity index (χ2v) is 16.3. The Morgan fingerprint density at radius 1 is 0.976 bits per heavy atom. The van der Waals surface area contributed by atoms with Gasteiger partial charge in [-0.1, -0.05) is 53.2 Å². The number of hydrogen-bond donors (Lipinski definition) is 4. The van der Waals surface area contributed by atoms with E-state index in [9.17, 15) is 25.2 Å². The van der Waals surface area contributed by atoms with E-state index < -0.39 is 36.0 Å². The average molecular weight is 587 g/mol. The Morgan fingerprint density at radius 3 is 2.33 bits per heavy atom. The number of carboxylic acid groups (broad SMARTS) is 1. The van der Waals surface area contributed by atoms with Crippen LogP contribution in [0.2, 0.25) is 0 Å². The number of hydrogen-bond acceptors (Lipinski definition) is 6. The van der Waals surface area contributed by atoms with Crippen LogP contribution in [0.1, 0.15) is 106 Å². The fourth-order valence-corrected chi connectivity index (χ4v) is 11.6. The zero-order chi connectivity index (χ0) is 30.6. The molecule has 4 N–H and O–H groups in total. The summed E-state index contributed by atoms with van der Waals surface area (Å²) in [5.74, 6) is 0.673. The van der Waals surface area contributed by atoms with Gasteiger partial charge in [0.1, 0.15) is 18.3 Å². The predicted molar refractivity (Wildman–Crippen MR) is 159 cm³/mol. The summed E-state index contributed by atoms with van der Waals surface area (Å²) in [7, 11) is 0. The Labute approximate surface area is 251 Å². The maximum Gasteiger partial charge on any atom is 0.314 e. The quantitative estimate of drug-likeness (QED) is 0.338. The first-order chi connectivity index (χ1) is 19.6. The molecule has 7 nitrogen and oxygen atoms in total. The standard InChI is InChI=1S/C35H54O7/c1-19-10-15-35(30(39)40)17-16-33(6)21(26(35)20(19)2)8-9-24-32(5)13-12-25(31(3,4)23(32)11-14-34(24,33)7)42-29-28(38)27(37)22(18-36)41-29/h8,19,22-25,27-29,36-38H,9-18H2,1-7H3,(H,39,40)/t19-,22-,23+,24-,25+,27-,28+,29-,32+,33-,34-,35+/m1/s1. The van der Waals surface area contributed by atoms with Crippen molar-refractivity contribution in [1.82, 2.24) is 0 Å². The highest BCUT2D eigenvalue weighted by Gasteiger charge is 2.68. The lowest BCUT2D eigenvalue weighted by Crippen LogP contribution is -2.64. The van der Waals surface area contributed by atoms with Crippen molar-refractivity contribution < 1.29 is 34.7 Å². The second-order valence-electron chi connectivity index (χ2n) is 16.3. The maximum atomic E-state index is 12.9. The van der Waals surface area contributed by atoms with Gasteiger partial charge in [0.2, 0.25) is 0 Å². The lowest BCUT2D eigenvalue weighted by atomic mass is 9.34. The average Bonchev–Trinajstić information content (AvgIpc) is 3.20. The third-order valence-electron chi connectivity index (χ3n) is 14.5. The fraction of sp³-hybridized carbons (Fsp3) is 0.857. The number of carbonyl (C=O) groups is 1. The Hall–Kier alpha value is -1.25. The summed E-state index contributed by atoms with van der Waals surface area (Å²) in [4.78, 5) is 12.9. The van der Waals surface area contributed by atoms with Crippen LogP contribution in [0, 0.1) is 44.8 Å². The van der Waals surface area contributed by atoms with E-state index in [2.05, 4.69) is 54.5 Å². The molecule has 236 valence electrons. The van der Waals surface area contributed by atoms with Crippen LogP contribution in [-0.4, -0.2) is 63.7 Å². The number of carboxylic acids is 1. The number of rotatable bonds is 4. The summed E-state index contributed by atoms with van der Waals surface area (Å²) in [5, 5.41) is 41.0. The molecule has 0 aromatic rings. The zero-order valence-electron chi connectivity index (χ0n) is 26.8. The normalized spacial score (nSPS) is 51.6. The SMILES string of the molecule is CC1=C2C3=CC[C@@H]4[C@@]5(C)CC[C@H](O[C@H]6O[C@H](CO)[C@@H](O)[C@@H]6O)C(C)(C)[C@@H]5CC[C@@]4(C)[C@]3(C)CC[C@@]2(C(=O)O)CC[C@H]1C. The van der Waals surface area contributed by atoms with Crippen LogP contribution in [0.3, 0.4) is 0 Å². The minimum Gasteiger partial charge on any atom is -0.481 e. The number of fused-ring (bicyclic) bond motifs is 7. The molecule has 0 unspecified atom stereocenters. The van der Waals surface area contributed by atoms with Gasteiger partial charge in [-0.15, -0.1) is 0 Å². The molecule has 12 atom stereocenters. The van der Waals surface area contributed by atoms with Gasteiger partial charge < -0.3 is 29.9 Å². The van der Waals surface area contributed by atoms with Crippen LogP contribution in [0.4, 0.5) is 0 Å². The molecule has 3 saturated carbocycles. The first-order valence-electron chi connectivity index (χ1n) is 16.5. The van der Waals surface area contributed by atoms with E-state index in [-0.39, 0.29) is 34.4 Å². The van der Waals surface area contributed by atoms with Gasteiger partial charge in [0.25, 0.3) is 0 Å². The fourth-order valence-electron chi connectivity index (χ4n) is 11.6. The summed E-state index contributed by atoms with van der Waals surface area (Å²) in [6.07, 6.45) is 6.59. The van der Waals surface area contributed by atoms with Gasteiger partial charge in [-0.05, 0) is 115 Å². The van der Waals surface area contributed by atoms with Crippen LogP contribution in [0.25, 0.3) is 0 Å². The molecule has 0 aromatic carbocycles. The molecule has 0 radical (unpaired) electrons. The third kappa shape index (κ3) is 3.85. The first-order valence-corrected chi connectivity index (χ1v) is 16.5. The van der Waals surface area contributed by atoms with Crippen molar-refractivity contribution in [3.05, 3.63) is 22.8 Å². The molecular weight excluding hydrogens is 532 g/mol. The van der Waals surface area contributed by atoms with Crippen molar-refractivity contribution in [2.45, 2.75) is 137 Å². The number of aliphatic carboxylic acids is 1. The molecule has 6 aliphatic rings. The molecule has 1 heterocycles. The van der Waals surface area contributed by atoms with E-state index in [4.69, 9.17) is 9.47 Å². The summed E-state index contributed by atoms with van der Waals surface area (Å²) in [5.41, 5.74) is 3.00. The Kier molecular flexibility index (Phi) is 7.23. The van der Waals surface area contributed by atoms with Crippen LogP contribution in [0.5, 0.6) is 0 Å². The highest BCUT2D eigenvalue weighted by atomic mass is 16.7. The van der Waals surface area contributed by atoms with Gasteiger partial charge in [-0.3, -0.25) is 4.79 Å². The predicted octanol–water partition coefficient (Wildman–Crippen LogP) is 5.62. The van der Waals surface area contributed by atoms with E-state index in [1.54, 1.807) is 0 Å². The molecule has 1 saturated heterocycles. The van der Waals surface area contributed by atoms with Crippen molar-refractivity contribution in [2.24, 2.45) is 44.8 Å². The Balaban J connectivity index is 1.33. The smallest absolute Gasteiger partial charge is 0.314 e. The van der Waals surface area contributed by atoms with Gasteiger partial charge in [0, 0.05) is 0 Å². The molecule has 0 amide bonds. The Bertz CT molecular complexity index is 1190. The molecule has 1 aliphatic heterocycles. The van der Waals surface area contributed by atoms with E-state index in [0.717, 1.165) is 57.8 Å². The summed E-state index contributed by atoms with van der Waals surface area (Å²) < 4.78 is 12.2. The highest BCUT2D eigenvalue weighted by Crippen LogP contribution is 2.75. The van der Waals surface area contributed by atoms with E-state index >= 15 is 0 Å². The van der Waals surface area contributed by atoms with Crippen LogP contribution < -0.4 is 0 Å². The lowest BCUT2D eigenvalue weighted by Gasteiger charge is -2.70. The highest BCUT2D eigenvalue weighted by molar-refractivity contribution is 5.82. The summed E-state index contributed by atoms with van der Waals surface area (Å²) in [6.45, 7) is 16.2. The minimum absolute atomic E-state index is 0.0634. The second kappa shape index (κ2) is 9.87.